The molecule has 0 spiro atoms. The molecule has 82 valence electrons. The predicted octanol–water partition coefficient (Wildman–Crippen LogP) is 3.30. The molecule has 0 unspecified atom stereocenters. The monoisotopic (exact) mass is 222 g/mol. The summed E-state index contributed by atoms with van der Waals surface area (Å²) in [6.45, 7) is 2.19. The fraction of sp³-hybridized carbons (Fsp3) is 0.583. The number of anilines is 1. The third-order valence-corrected chi connectivity index (χ3v) is 3.70. The van der Waals surface area contributed by atoms with Gasteiger partial charge in [-0.1, -0.05) is 6.92 Å². The number of nitrogens with zero attached hydrogens (tertiary/aromatic N) is 1. The molecule has 0 saturated heterocycles. The molecule has 1 aromatic heterocycles. The van der Waals surface area contributed by atoms with Gasteiger partial charge in [-0.25, -0.2) is 4.98 Å². The van der Waals surface area contributed by atoms with Gasteiger partial charge in [0.15, 0.2) is 0 Å². The third kappa shape index (κ3) is 3.13. The standard InChI is InChI=1S/C12H18N2S/c1-2-15-9-10-6-7-13-12(8-10)14-11-4-3-5-11/h6-8,11H,2-5,9H2,1H3,(H,13,14). The molecule has 0 bridgehead atoms. The molecule has 2 rings (SSSR count). The van der Waals surface area contributed by atoms with E-state index < -0.39 is 0 Å². The van der Waals surface area contributed by atoms with Crippen LogP contribution in [0.1, 0.15) is 31.7 Å². The summed E-state index contributed by atoms with van der Waals surface area (Å²) >= 11 is 1.95. The van der Waals surface area contributed by atoms with E-state index in [1.165, 1.54) is 30.6 Å². The summed E-state index contributed by atoms with van der Waals surface area (Å²) in [5.74, 6) is 3.32. The van der Waals surface area contributed by atoms with Crippen molar-refractivity contribution in [2.75, 3.05) is 11.1 Å². The zero-order valence-corrected chi connectivity index (χ0v) is 10.0. The highest BCUT2D eigenvalue weighted by Crippen LogP contribution is 2.23. The fourth-order valence-corrected chi connectivity index (χ4v) is 2.24. The second-order valence-electron chi connectivity index (χ2n) is 3.96. The summed E-state index contributed by atoms with van der Waals surface area (Å²) in [6, 6.07) is 4.96. The lowest BCUT2D eigenvalue weighted by Crippen LogP contribution is -2.27. The molecular formula is C12H18N2S. The minimum Gasteiger partial charge on any atom is -0.367 e. The van der Waals surface area contributed by atoms with Crippen molar-refractivity contribution in [1.82, 2.24) is 4.98 Å². The van der Waals surface area contributed by atoms with Crippen LogP contribution in [0.25, 0.3) is 0 Å². The SMILES string of the molecule is CCSCc1ccnc(NC2CCC2)c1. The first-order valence-corrected chi connectivity index (χ1v) is 6.83. The van der Waals surface area contributed by atoms with E-state index in [0.29, 0.717) is 6.04 Å². The van der Waals surface area contributed by atoms with Crippen LogP contribution >= 0.6 is 11.8 Å². The van der Waals surface area contributed by atoms with Crippen LogP contribution in [0, 0.1) is 0 Å². The highest BCUT2D eigenvalue weighted by molar-refractivity contribution is 7.98. The van der Waals surface area contributed by atoms with Crippen LogP contribution in [-0.4, -0.2) is 16.8 Å². The van der Waals surface area contributed by atoms with Crippen LogP contribution in [0.15, 0.2) is 18.3 Å². The maximum Gasteiger partial charge on any atom is 0.126 e. The zero-order chi connectivity index (χ0) is 10.5. The van der Waals surface area contributed by atoms with Gasteiger partial charge in [0.25, 0.3) is 0 Å². The number of hydrogen-bond donors (Lipinski definition) is 1. The first-order chi connectivity index (χ1) is 7.38. The number of pyridine rings is 1. The third-order valence-electron chi connectivity index (χ3n) is 2.75. The lowest BCUT2D eigenvalue weighted by Gasteiger charge is -2.27. The Balaban J connectivity index is 1.92. The number of hydrogen-bond acceptors (Lipinski definition) is 3. The molecule has 0 aliphatic heterocycles. The smallest absolute Gasteiger partial charge is 0.126 e. The average Bonchev–Trinajstić information content (AvgIpc) is 2.21. The van der Waals surface area contributed by atoms with Gasteiger partial charge in [-0.15, -0.1) is 0 Å². The van der Waals surface area contributed by atoms with Gasteiger partial charge in [0.1, 0.15) is 5.82 Å². The van der Waals surface area contributed by atoms with E-state index in [-0.39, 0.29) is 0 Å². The van der Waals surface area contributed by atoms with Gasteiger partial charge in [0.05, 0.1) is 0 Å². The average molecular weight is 222 g/mol. The Labute approximate surface area is 95.9 Å². The molecule has 0 atom stereocenters. The van der Waals surface area contributed by atoms with Gasteiger partial charge in [0, 0.05) is 18.0 Å². The molecule has 1 N–H and O–H groups in total. The van der Waals surface area contributed by atoms with Crippen molar-refractivity contribution in [3.8, 4) is 0 Å². The summed E-state index contributed by atoms with van der Waals surface area (Å²) in [5.41, 5.74) is 1.37. The van der Waals surface area contributed by atoms with E-state index in [1.807, 2.05) is 18.0 Å². The summed E-state index contributed by atoms with van der Waals surface area (Å²) < 4.78 is 0. The van der Waals surface area contributed by atoms with Gasteiger partial charge in [0.2, 0.25) is 0 Å². The molecular weight excluding hydrogens is 204 g/mol. The van der Waals surface area contributed by atoms with Gasteiger partial charge < -0.3 is 5.32 Å². The van der Waals surface area contributed by atoms with Crippen LogP contribution in [0.5, 0.6) is 0 Å². The van der Waals surface area contributed by atoms with E-state index in [0.717, 1.165) is 11.6 Å². The van der Waals surface area contributed by atoms with Crippen LogP contribution in [0.3, 0.4) is 0 Å². The van der Waals surface area contributed by atoms with E-state index in [9.17, 15) is 0 Å². The minimum absolute atomic E-state index is 0.673. The van der Waals surface area contributed by atoms with Gasteiger partial charge in [-0.05, 0) is 42.7 Å². The Hall–Kier alpha value is -0.700. The first kappa shape index (κ1) is 10.8. The highest BCUT2D eigenvalue weighted by atomic mass is 32.2. The fourth-order valence-electron chi connectivity index (χ4n) is 1.62. The molecule has 3 heteroatoms. The maximum absolute atomic E-state index is 4.35. The van der Waals surface area contributed by atoms with E-state index in [1.54, 1.807) is 0 Å². The van der Waals surface area contributed by atoms with E-state index >= 15 is 0 Å². The Kier molecular flexibility index (Phi) is 3.89. The van der Waals surface area contributed by atoms with Crippen molar-refractivity contribution < 1.29 is 0 Å². The number of nitrogens with one attached hydrogen (secondary N) is 1. The quantitative estimate of drug-likeness (QED) is 0.827. The summed E-state index contributed by atoms with van der Waals surface area (Å²) in [5, 5.41) is 3.47. The lowest BCUT2D eigenvalue weighted by atomic mass is 9.93. The van der Waals surface area contributed by atoms with E-state index in [4.69, 9.17) is 0 Å². The van der Waals surface area contributed by atoms with Crippen molar-refractivity contribution in [3.05, 3.63) is 23.9 Å². The molecule has 1 aliphatic carbocycles. The molecule has 1 fully saturated rings. The van der Waals surface area contributed by atoms with Crippen molar-refractivity contribution in [2.24, 2.45) is 0 Å². The Bertz CT molecular complexity index is 310. The second-order valence-corrected chi connectivity index (χ2v) is 5.23. The predicted molar refractivity (Wildman–Crippen MR) is 67.3 cm³/mol. The lowest BCUT2D eigenvalue weighted by molar-refractivity contribution is 0.444. The van der Waals surface area contributed by atoms with Gasteiger partial charge in [-0.3, -0.25) is 0 Å². The molecule has 0 aromatic carbocycles. The molecule has 1 heterocycles. The number of aromatic nitrogens is 1. The molecule has 1 aliphatic rings. The van der Waals surface area contributed by atoms with Crippen LogP contribution < -0.4 is 5.32 Å². The largest absolute Gasteiger partial charge is 0.367 e. The highest BCUT2D eigenvalue weighted by Gasteiger charge is 2.17. The van der Waals surface area contributed by atoms with Crippen molar-refractivity contribution in [1.29, 1.82) is 0 Å². The molecule has 1 aromatic rings. The molecule has 15 heavy (non-hydrogen) atoms. The molecule has 0 radical (unpaired) electrons. The summed E-state index contributed by atoms with van der Waals surface area (Å²) in [6.07, 6.45) is 5.88. The summed E-state index contributed by atoms with van der Waals surface area (Å²) in [7, 11) is 0. The first-order valence-electron chi connectivity index (χ1n) is 5.67. The Morgan fingerprint density at radius 2 is 2.40 bits per heavy atom. The Morgan fingerprint density at radius 1 is 1.53 bits per heavy atom. The van der Waals surface area contributed by atoms with Crippen LogP contribution in [-0.2, 0) is 5.75 Å². The van der Waals surface area contributed by atoms with Crippen LogP contribution in [0.2, 0.25) is 0 Å². The van der Waals surface area contributed by atoms with E-state index in [2.05, 4.69) is 29.4 Å². The van der Waals surface area contributed by atoms with Crippen LogP contribution in [0.4, 0.5) is 5.82 Å². The molecule has 1 saturated carbocycles. The van der Waals surface area contributed by atoms with Crippen molar-refractivity contribution in [3.63, 3.8) is 0 Å². The number of rotatable bonds is 5. The number of thioether (sulfide) groups is 1. The molecule has 2 nitrogen and oxygen atoms in total. The normalized spacial score (nSPS) is 16.1. The molecule has 0 amide bonds. The summed E-state index contributed by atoms with van der Waals surface area (Å²) in [4.78, 5) is 4.35. The van der Waals surface area contributed by atoms with Crippen molar-refractivity contribution in [2.45, 2.75) is 38.0 Å². The zero-order valence-electron chi connectivity index (χ0n) is 9.20. The second kappa shape index (κ2) is 5.40. The van der Waals surface area contributed by atoms with Gasteiger partial charge >= 0.3 is 0 Å². The Morgan fingerprint density at radius 3 is 3.07 bits per heavy atom. The minimum atomic E-state index is 0.673. The maximum atomic E-state index is 4.35. The van der Waals surface area contributed by atoms with Crippen molar-refractivity contribution >= 4 is 17.6 Å². The van der Waals surface area contributed by atoms with Gasteiger partial charge in [-0.2, -0.15) is 11.8 Å². The topological polar surface area (TPSA) is 24.9 Å².